The quantitative estimate of drug-likeness (QED) is 0.876. The van der Waals surface area contributed by atoms with E-state index in [2.05, 4.69) is 0 Å². The van der Waals surface area contributed by atoms with Crippen LogP contribution in [-0.2, 0) is 6.54 Å². The minimum Gasteiger partial charge on any atom is -0.489 e. The fourth-order valence-corrected chi connectivity index (χ4v) is 3.93. The molecule has 0 bridgehead atoms. The lowest BCUT2D eigenvalue weighted by Gasteiger charge is -2.32. The van der Waals surface area contributed by atoms with Crippen LogP contribution >= 0.6 is 11.6 Å². The smallest absolute Gasteiger partial charge is 0.254 e. The zero-order valence-corrected chi connectivity index (χ0v) is 16.0. The number of benzene rings is 2. The first-order valence-corrected chi connectivity index (χ1v) is 9.84. The number of amides is 1. The number of fused-ring (bicyclic) bond motifs is 1. The lowest BCUT2D eigenvalue weighted by Crippen LogP contribution is -3.13. The highest BCUT2D eigenvalue weighted by Gasteiger charge is 2.25. The summed E-state index contributed by atoms with van der Waals surface area (Å²) in [5.74, 6) is 1.52. The summed E-state index contributed by atoms with van der Waals surface area (Å²) < 4.78 is 11.5. The lowest BCUT2D eigenvalue weighted by atomic mass is 10.1. The lowest BCUT2D eigenvalue weighted by molar-refractivity contribution is -0.917. The van der Waals surface area contributed by atoms with Crippen molar-refractivity contribution in [2.75, 3.05) is 39.4 Å². The number of nitrogens with one attached hydrogen (secondary N) is 1. The number of ether oxygens (including phenoxy) is 2. The van der Waals surface area contributed by atoms with E-state index in [0.29, 0.717) is 24.0 Å². The number of hydrogen-bond acceptors (Lipinski definition) is 3. The van der Waals surface area contributed by atoms with Gasteiger partial charge >= 0.3 is 0 Å². The van der Waals surface area contributed by atoms with Crippen molar-refractivity contribution in [1.82, 2.24) is 4.90 Å². The Morgan fingerprint density at radius 3 is 2.59 bits per heavy atom. The molecule has 6 heteroatoms. The van der Waals surface area contributed by atoms with Gasteiger partial charge in [-0.2, -0.15) is 0 Å². The Morgan fingerprint density at radius 2 is 1.81 bits per heavy atom. The van der Waals surface area contributed by atoms with Crippen LogP contribution in [-0.4, -0.2) is 50.2 Å². The molecule has 2 heterocycles. The average Bonchev–Trinajstić information content (AvgIpc) is 2.95. The normalized spacial score (nSPS) is 17.4. The highest BCUT2D eigenvalue weighted by Crippen LogP contribution is 2.37. The van der Waals surface area contributed by atoms with Crippen LogP contribution in [0.2, 0.25) is 5.02 Å². The number of piperazine rings is 1. The zero-order valence-electron chi connectivity index (χ0n) is 15.2. The maximum atomic E-state index is 12.6. The first kappa shape index (κ1) is 18.1. The van der Waals surface area contributed by atoms with E-state index in [1.165, 1.54) is 4.90 Å². The van der Waals surface area contributed by atoms with Gasteiger partial charge in [0.1, 0.15) is 6.54 Å². The van der Waals surface area contributed by atoms with Crippen LogP contribution in [0.4, 0.5) is 0 Å². The predicted octanol–water partition coefficient (Wildman–Crippen LogP) is 2.04. The molecule has 5 nitrogen and oxygen atoms in total. The molecule has 2 aliphatic heterocycles. The standard InChI is InChI=1S/C21H23ClN2O3/c22-18-13-16(14-19-20(18)27-12-4-11-26-19)15-23-7-9-24(10-8-23)21(25)17-5-2-1-3-6-17/h1-3,5-6,13-14H,4,7-12,15H2/p+1. The molecule has 0 radical (unpaired) electrons. The molecule has 0 saturated carbocycles. The number of hydrogen-bond donors (Lipinski definition) is 1. The Labute approximate surface area is 164 Å². The van der Waals surface area contributed by atoms with Gasteiger partial charge in [0, 0.05) is 17.5 Å². The molecule has 0 aromatic heterocycles. The van der Waals surface area contributed by atoms with E-state index < -0.39 is 0 Å². The fourth-order valence-electron chi connectivity index (χ4n) is 3.64. The largest absolute Gasteiger partial charge is 0.489 e. The van der Waals surface area contributed by atoms with E-state index >= 15 is 0 Å². The molecule has 1 saturated heterocycles. The second-order valence-electron chi connectivity index (χ2n) is 7.04. The van der Waals surface area contributed by atoms with Crippen molar-refractivity contribution in [2.24, 2.45) is 0 Å². The zero-order chi connectivity index (χ0) is 18.6. The summed E-state index contributed by atoms with van der Waals surface area (Å²) in [6.45, 7) is 5.52. The van der Waals surface area contributed by atoms with E-state index in [9.17, 15) is 4.79 Å². The Hall–Kier alpha value is -2.24. The Bertz CT molecular complexity index is 805. The molecule has 142 valence electrons. The average molecular weight is 388 g/mol. The summed E-state index contributed by atoms with van der Waals surface area (Å²) >= 11 is 6.40. The summed E-state index contributed by atoms with van der Waals surface area (Å²) in [6, 6.07) is 13.5. The van der Waals surface area contributed by atoms with Crippen molar-refractivity contribution in [3.8, 4) is 11.5 Å². The van der Waals surface area contributed by atoms with Crippen LogP contribution in [0.1, 0.15) is 22.3 Å². The van der Waals surface area contributed by atoms with Crippen molar-refractivity contribution in [3.63, 3.8) is 0 Å². The van der Waals surface area contributed by atoms with E-state index in [4.69, 9.17) is 21.1 Å². The van der Waals surface area contributed by atoms with Crippen molar-refractivity contribution in [1.29, 1.82) is 0 Å². The highest BCUT2D eigenvalue weighted by atomic mass is 35.5. The van der Waals surface area contributed by atoms with Crippen LogP contribution < -0.4 is 14.4 Å². The van der Waals surface area contributed by atoms with E-state index in [0.717, 1.165) is 56.0 Å². The number of rotatable bonds is 3. The van der Waals surface area contributed by atoms with Crippen LogP contribution in [0, 0.1) is 0 Å². The van der Waals surface area contributed by atoms with Crippen LogP contribution in [0.15, 0.2) is 42.5 Å². The Kier molecular flexibility index (Phi) is 5.50. The number of carbonyl (C=O) groups excluding carboxylic acids is 1. The van der Waals surface area contributed by atoms with Crippen LogP contribution in [0.25, 0.3) is 0 Å². The molecule has 2 aromatic carbocycles. The summed E-state index contributed by atoms with van der Waals surface area (Å²) in [5, 5.41) is 0.613. The van der Waals surface area contributed by atoms with Crippen LogP contribution in [0.5, 0.6) is 11.5 Å². The molecule has 1 N–H and O–H groups in total. The Morgan fingerprint density at radius 1 is 1.07 bits per heavy atom. The number of quaternary nitrogens is 1. The van der Waals surface area contributed by atoms with Crippen LogP contribution in [0.3, 0.4) is 0 Å². The number of carbonyl (C=O) groups is 1. The van der Waals surface area contributed by atoms with Gasteiger partial charge in [0.25, 0.3) is 5.91 Å². The van der Waals surface area contributed by atoms with Crippen molar-refractivity contribution >= 4 is 17.5 Å². The maximum absolute atomic E-state index is 12.6. The molecule has 2 aromatic rings. The third-order valence-electron chi connectivity index (χ3n) is 5.09. The van der Waals surface area contributed by atoms with Gasteiger partial charge in [-0.25, -0.2) is 0 Å². The first-order chi connectivity index (χ1) is 13.2. The molecule has 1 amide bonds. The molecule has 0 aliphatic carbocycles. The summed E-state index contributed by atoms with van der Waals surface area (Å²) in [4.78, 5) is 16.0. The van der Waals surface area contributed by atoms with Gasteiger partial charge in [-0.3, -0.25) is 4.79 Å². The second-order valence-corrected chi connectivity index (χ2v) is 7.45. The monoisotopic (exact) mass is 387 g/mol. The van der Waals surface area contributed by atoms with E-state index in [1.54, 1.807) is 0 Å². The molecular formula is C21H24ClN2O3+. The van der Waals surface area contributed by atoms with Crippen molar-refractivity contribution in [2.45, 2.75) is 13.0 Å². The molecule has 0 unspecified atom stereocenters. The van der Waals surface area contributed by atoms with E-state index in [-0.39, 0.29) is 5.91 Å². The molecule has 4 rings (SSSR count). The highest BCUT2D eigenvalue weighted by molar-refractivity contribution is 6.32. The van der Waals surface area contributed by atoms with Gasteiger partial charge in [-0.15, -0.1) is 0 Å². The van der Waals surface area contributed by atoms with Gasteiger partial charge in [0.05, 0.1) is 44.4 Å². The molecule has 27 heavy (non-hydrogen) atoms. The maximum Gasteiger partial charge on any atom is 0.254 e. The van der Waals surface area contributed by atoms with Gasteiger partial charge in [-0.1, -0.05) is 29.8 Å². The summed E-state index contributed by atoms with van der Waals surface area (Å²) in [5.41, 5.74) is 1.90. The summed E-state index contributed by atoms with van der Waals surface area (Å²) in [7, 11) is 0. The summed E-state index contributed by atoms with van der Waals surface area (Å²) in [6.07, 6.45) is 0.864. The first-order valence-electron chi connectivity index (χ1n) is 9.46. The van der Waals surface area contributed by atoms with Crippen molar-refractivity contribution in [3.05, 3.63) is 58.6 Å². The molecular weight excluding hydrogens is 364 g/mol. The second kappa shape index (κ2) is 8.19. The molecule has 0 spiro atoms. The van der Waals surface area contributed by atoms with Gasteiger partial charge < -0.3 is 19.3 Å². The minimum absolute atomic E-state index is 0.119. The number of halogens is 1. The SMILES string of the molecule is O=C(c1ccccc1)N1CC[NH+](Cc2cc(Cl)c3c(c2)OCCCO3)CC1. The minimum atomic E-state index is 0.119. The topological polar surface area (TPSA) is 43.2 Å². The van der Waals surface area contributed by atoms with Gasteiger partial charge in [0.15, 0.2) is 11.5 Å². The van der Waals surface area contributed by atoms with E-state index in [1.807, 2.05) is 47.4 Å². The molecule has 1 fully saturated rings. The predicted molar refractivity (Wildman–Crippen MR) is 104 cm³/mol. The molecule has 0 atom stereocenters. The van der Waals surface area contributed by atoms with Gasteiger partial charge in [0.2, 0.25) is 0 Å². The third-order valence-corrected chi connectivity index (χ3v) is 5.38. The van der Waals surface area contributed by atoms with Crippen molar-refractivity contribution < 1.29 is 19.2 Å². The third kappa shape index (κ3) is 4.20. The molecule has 2 aliphatic rings. The Balaban J connectivity index is 1.37. The van der Waals surface area contributed by atoms with Gasteiger partial charge in [-0.05, 0) is 24.3 Å². The fraction of sp³-hybridized carbons (Fsp3) is 0.381. The number of nitrogens with zero attached hydrogens (tertiary/aromatic N) is 1.